The number of aromatic nitrogens is 1. The number of hydrogen-bond donors (Lipinski definition) is 2. The van der Waals surface area contributed by atoms with Crippen LogP contribution >= 0.6 is 0 Å². The number of halogens is 1. The molecule has 0 aliphatic carbocycles. The van der Waals surface area contributed by atoms with Crippen LogP contribution in [0.4, 0.5) is 4.39 Å². The molecule has 2 aromatic rings. The number of hydrogen-bond acceptors (Lipinski definition) is 3. The summed E-state index contributed by atoms with van der Waals surface area (Å²) in [5, 5.41) is 12.0. The Bertz CT molecular complexity index is 560. The number of aliphatic hydroxyl groups is 1. The molecule has 5 heteroatoms. The summed E-state index contributed by atoms with van der Waals surface area (Å²) in [6.45, 7) is -0.233. The van der Waals surface area contributed by atoms with Crippen LogP contribution < -0.4 is 5.32 Å². The molecule has 1 amide bonds. The van der Waals surface area contributed by atoms with Crippen LogP contribution in [-0.2, 0) is 0 Å². The van der Waals surface area contributed by atoms with E-state index in [9.17, 15) is 14.3 Å². The van der Waals surface area contributed by atoms with Crippen LogP contribution in [0.15, 0.2) is 48.7 Å². The van der Waals surface area contributed by atoms with Gasteiger partial charge < -0.3 is 10.4 Å². The first-order valence-corrected chi connectivity index (χ1v) is 5.79. The van der Waals surface area contributed by atoms with Crippen molar-refractivity contribution < 1.29 is 14.3 Å². The Hall–Kier alpha value is -2.27. The van der Waals surface area contributed by atoms with Gasteiger partial charge in [-0.05, 0) is 11.6 Å². The Morgan fingerprint density at radius 1 is 1.32 bits per heavy atom. The molecular weight excluding hydrogens is 247 g/mol. The predicted octanol–water partition coefficient (Wildman–Crippen LogP) is 1.68. The molecule has 0 saturated heterocycles. The van der Waals surface area contributed by atoms with Gasteiger partial charge in [0, 0.05) is 17.8 Å². The number of amides is 1. The molecule has 1 atom stereocenters. The summed E-state index contributed by atoms with van der Waals surface area (Å²) >= 11 is 0. The molecular formula is C14H13FN2O2. The van der Waals surface area contributed by atoms with Gasteiger partial charge in [-0.15, -0.1) is 0 Å². The third kappa shape index (κ3) is 3.35. The van der Waals surface area contributed by atoms with E-state index in [1.807, 2.05) is 18.2 Å². The van der Waals surface area contributed by atoms with E-state index in [1.165, 1.54) is 12.3 Å². The van der Waals surface area contributed by atoms with Gasteiger partial charge in [0.15, 0.2) is 0 Å². The Labute approximate surface area is 109 Å². The van der Waals surface area contributed by atoms with E-state index in [2.05, 4.69) is 10.3 Å². The van der Waals surface area contributed by atoms with Crippen LogP contribution in [0.1, 0.15) is 22.0 Å². The van der Waals surface area contributed by atoms with Gasteiger partial charge in [-0.3, -0.25) is 4.79 Å². The summed E-state index contributed by atoms with van der Waals surface area (Å²) in [7, 11) is 0. The number of carbonyl (C=O) groups is 1. The molecule has 98 valence electrons. The van der Waals surface area contributed by atoms with Crippen molar-refractivity contribution in [3.8, 4) is 0 Å². The number of aliphatic hydroxyl groups excluding tert-OH is 1. The van der Waals surface area contributed by atoms with Crippen molar-refractivity contribution in [3.63, 3.8) is 0 Å². The van der Waals surface area contributed by atoms with E-state index in [-0.39, 0.29) is 12.2 Å². The lowest BCUT2D eigenvalue weighted by atomic mass is 10.1. The quantitative estimate of drug-likeness (QED) is 0.822. The van der Waals surface area contributed by atoms with E-state index in [0.717, 1.165) is 11.6 Å². The molecule has 0 saturated carbocycles. The Kier molecular flexibility index (Phi) is 4.20. The lowest BCUT2D eigenvalue weighted by Crippen LogP contribution is -2.30. The van der Waals surface area contributed by atoms with Crippen LogP contribution in [0.3, 0.4) is 0 Å². The van der Waals surface area contributed by atoms with Gasteiger partial charge in [-0.2, -0.15) is 4.39 Å². The first kappa shape index (κ1) is 13.2. The van der Waals surface area contributed by atoms with Crippen molar-refractivity contribution in [2.24, 2.45) is 0 Å². The SMILES string of the molecule is O=C(N[C@H](CO)c1ccccc1)c1ccnc(F)c1. The summed E-state index contributed by atoms with van der Waals surface area (Å²) in [5.41, 5.74) is 0.953. The van der Waals surface area contributed by atoms with Gasteiger partial charge in [0.1, 0.15) is 0 Å². The standard InChI is InChI=1S/C14H13FN2O2/c15-13-8-11(6-7-16-13)14(19)17-12(9-18)10-4-2-1-3-5-10/h1-8,12,18H,9H2,(H,17,19)/t12-/m1/s1. The van der Waals surface area contributed by atoms with Crippen LogP contribution in [-0.4, -0.2) is 22.6 Å². The maximum atomic E-state index is 12.9. The lowest BCUT2D eigenvalue weighted by Gasteiger charge is -2.16. The highest BCUT2D eigenvalue weighted by atomic mass is 19.1. The molecule has 0 radical (unpaired) electrons. The predicted molar refractivity (Wildman–Crippen MR) is 67.9 cm³/mol. The second-order valence-corrected chi connectivity index (χ2v) is 3.99. The molecule has 0 bridgehead atoms. The highest BCUT2D eigenvalue weighted by molar-refractivity contribution is 5.94. The zero-order chi connectivity index (χ0) is 13.7. The zero-order valence-electron chi connectivity index (χ0n) is 10.1. The number of benzene rings is 1. The molecule has 2 rings (SSSR count). The zero-order valence-corrected chi connectivity index (χ0v) is 10.1. The second kappa shape index (κ2) is 6.06. The average Bonchev–Trinajstić information content (AvgIpc) is 2.45. The average molecular weight is 260 g/mol. The summed E-state index contributed by atoms with van der Waals surface area (Å²) in [6.07, 6.45) is 1.22. The van der Waals surface area contributed by atoms with Gasteiger partial charge in [-0.25, -0.2) is 4.98 Å². The maximum absolute atomic E-state index is 12.9. The van der Waals surface area contributed by atoms with Crippen molar-refractivity contribution in [2.45, 2.75) is 6.04 Å². The van der Waals surface area contributed by atoms with Gasteiger partial charge >= 0.3 is 0 Å². The van der Waals surface area contributed by atoms with Gasteiger partial charge in [0.05, 0.1) is 12.6 Å². The monoisotopic (exact) mass is 260 g/mol. The van der Waals surface area contributed by atoms with Crippen LogP contribution in [0.5, 0.6) is 0 Å². The number of nitrogens with zero attached hydrogens (tertiary/aromatic N) is 1. The minimum absolute atomic E-state index is 0.168. The normalized spacial score (nSPS) is 11.9. The fourth-order valence-electron chi connectivity index (χ4n) is 1.71. The molecule has 0 fully saturated rings. The minimum Gasteiger partial charge on any atom is -0.394 e. The highest BCUT2D eigenvalue weighted by Gasteiger charge is 2.15. The topological polar surface area (TPSA) is 62.2 Å². The van der Waals surface area contributed by atoms with Crippen LogP contribution in [0, 0.1) is 5.95 Å². The Morgan fingerprint density at radius 2 is 2.05 bits per heavy atom. The summed E-state index contributed by atoms with van der Waals surface area (Å²) in [6, 6.07) is 11.0. The molecule has 0 spiro atoms. The summed E-state index contributed by atoms with van der Waals surface area (Å²) in [4.78, 5) is 15.3. The van der Waals surface area contributed by atoms with Crippen molar-refractivity contribution in [1.82, 2.24) is 10.3 Å². The molecule has 1 heterocycles. The third-order valence-electron chi connectivity index (χ3n) is 2.68. The fourth-order valence-corrected chi connectivity index (χ4v) is 1.71. The van der Waals surface area contributed by atoms with Crippen LogP contribution in [0.25, 0.3) is 0 Å². The van der Waals surface area contributed by atoms with Crippen LogP contribution in [0.2, 0.25) is 0 Å². The smallest absolute Gasteiger partial charge is 0.252 e. The minimum atomic E-state index is -0.715. The third-order valence-corrected chi connectivity index (χ3v) is 2.68. The van der Waals surface area contributed by atoms with E-state index in [1.54, 1.807) is 12.1 Å². The number of nitrogens with one attached hydrogen (secondary N) is 1. The number of rotatable bonds is 4. The largest absolute Gasteiger partial charge is 0.394 e. The molecule has 19 heavy (non-hydrogen) atoms. The van der Waals surface area contributed by atoms with E-state index >= 15 is 0 Å². The van der Waals surface area contributed by atoms with Crippen molar-refractivity contribution in [2.75, 3.05) is 6.61 Å². The van der Waals surface area contributed by atoms with Gasteiger partial charge in [-0.1, -0.05) is 30.3 Å². The lowest BCUT2D eigenvalue weighted by molar-refractivity contribution is 0.0915. The summed E-state index contributed by atoms with van der Waals surface area (Å²) in [5.74, 6) is -1.17. The highest BCUT2D eigenvalue weighted by Crippen LogP contribution is 2.12. The number of pyridine rings is 1. The second-order valence-electron chi connectivity index (χ2n) is 3.99. The Balaban J connectivity index is 2.13. The molecule has 1 aromatic heterocycles. The molecule has 4 nitrogen and oxygen atoms in total. The molecule has 2 N–H and O–H groups in total. The Morgan fingerprint density at radius 3 is 2.68 bits per heavy atom. The van der Waals surface area contributed by atoms with Crippen molar-refractivity contribution >= 4 is 5.91 Å². The van der Waals surface area contributed by atoms with E-state index in [0.29, 0.717) is 0 Å². The molecule has 0 unspecified atom stereocenters. The van der Waals surface area contributed by atoms with E-state index < -0.39 is 17.9 Å². The first-order valence-electron chi connectivity index (χ1n) is 5.79. The summed E-state index contributed by atoms with van der Waals surface area (Å²) < 4.78 is 12.9. The van der Waals surface area contributed by atoms with E-state index in [4.69, 9.17) is 0 Å². The molecule has 1 aromatic carbocycles. The van der Waals surface area contributed by atoms with Crippen molar-refractivity contribution in [1.29, 1.82) is 0 Å². The molecule has 0 aliphatic rings. The van der Waals surface area contributed by atoms with Crippen molar-refractivity contribution in [3.05, 3.63) is 65.7 Å². The molecule has 0 aliphatic heterocycles. The fraction of sp³-hybridized carbons (Fsp3) is 0.143. The van der Waals surface area contributed by atoms with Gasteiger partial charge in [0.25, 0.3) is 5.91 Å². The first-order chi connectivity index (χ1) is 9.20. The number of carbonyl (C=O) groups excluding carboxylic acids is 1. The van der Waals surface area contributed by atoms with Gasteiger partial charge in [0.2, 0.25) is 5.95 Å². The maximum Gasteiger partial charge on any atom is 0.252 e.